The van der Waals surface area contributed by atoms with Gasteiger partial charge in [0.1, 0.15) is 0 Å². The van der Waals surface area contributed by atoms with Crippen LogP contribution in [0.4, 0.5) is 0 Å². The minimum Gasteiger partial charge on any atom is -0.394 e. The van der Waals surface area contributed by atoms with Crippen LogP contribution in [0.5, 0.6) is 0 Å². The van der Waals surface area contributed by atoms with Gasteiger partial charge in [-0.3, -0.25) is 0 Å². The average molecular weight is 253 g/mol. The fraction of sp³-hybridized carbons (Fsp3) is 0.500. The molecule has 0 unspecified atom stereocenters. The molecule has 2 heterocycles. The molecule has 92 valence electrons. The maximum Gasteiger partial charge on any atom is 0.0964 e. The van der Waals surface area contributed by atoms with Crippen LogP contribution < -0.4 is 5.32 Å². The molecule has 0 amide bonds. The van der Waals surface area contributed by atoms with Crippen molar-refractivity contribution in [1.82, 2.24) is 25.3 Å². The molecule has 0 aliphatic rings. The summed E-state index contributed by atoms with van der Waals surface area (Å²) >= 11 is 1.65. The zero-order chi connectivity index (χ0) is 12.1. The van der Waals surface area contributed by atoms with E-state index >= 15 is 0 Å². The Morgan fingerprint density at radius 1 is 1.47 bits per heavy atom. The predicted molar refractivity (Wildman–Crippen MR) is 64.5 cm³/mol. The van der Waals surface area contributed by atoms with Crippen LogP contribution in [0.3, 0.4) is 0 Å². The van der Waals surface area contributed by atoms with Gasteiger partial charge in [0.25, 0.3) is 0 Å². The summed E-state index contributed by atoms with van der Waals surface area (Å²) < 4.78 is 1.63. The van der Waals surface area contributed by atoms with Crippen molar-refractivity contribution in [3.63, 3.8) is 0 Å². The summed E-state index contributed by atoms with van der Waals surface area (Å²) in [4.78, 5) is 5.43. The van der Waals surface area contributed by atoms with E-state index in [0.717, 1.165) is 17.9 Å². The topological polar surface area (TPSA) is 75.9 Å². The molecule has 0 radical (unpaired) electrons. The number of hydrogen-bond acceptors (Lipinski definition) is 6. The number of aliphatic hydroxyl groups is 1. The lowest BCUT2D eigenvalue weighted by Crippen LogP contribution is -2.12. The zero-order valence-electron chi connectivity index (χ0n) is 9.63. The first-order valence-corrected chi connectivity index (χ1v) is 6.27. The Kier molecular flexibility index (Phi) is 4.18. The Morgan fingerprint density at radius 3 is 3.06 bits per heavy atom. The number of thiazole rings is 1. The van der Waals surface area contributed by atoms with Gasteiger partial charge in [-0.15, -0.1) is 16.4 Å². The van der Waals surface area contributed by atoms with E-state index < -0.39 is 0 Å². The Hall–Kier alpha value is -1.31. The number of nitrogens with zero attached hydrogens (tertiary/aromatic N) is 4. The van der Waals surface area contributed by atoms with Crippen molar-refractivity contribution in [1.29, 1.82) is 0 Å². The molecule has 2 N–H and O–H groups in total. The van der Waals surface area contributed by atoms with E-state index in [1.54, 1.807) is 16.0 Å². The Bertz CT molecular complexity index is 467. The van der Waals surface area contributed by atoms with Crippen LogP contribution in [0.15, 0.2) is 11.7 Å². The van der Waals surface area contributed by atoms with Crippen molar-refractivity contribution in [3.05, 3.63) is 28.0 Å². The lowest BCUT2D eigenvalue weighted by Gasteiger charge is -2.00. The van der Waals surface area contributed by atoms with Crippen molar-refractivity contribution >= 4 is 11.3 Å². The minimum atomic E-state index is 0.0797. The van der Waals surface area contributed by atoms with E-state index in [0.29, 0.717) is 13.1 Å². The van der Waals surface area contributed by atoms with Gasteiger partial charge < -0.3 is 10.4 Å². The van der Waals surface area contributed by atoms with Crippen molar-refractivity contribution in [2.24, 2.45) is 0 Å². The SMILES string of the molecule is Cc1ncsc1CNCc1cn(CCO)nn1. The van der Waals surface area contributed by atoms with Crippen LogP contribution in [0.25, 0.3) is 0 Å². The van der Waals surface area contributed by atoms with Gasteiger partial charge in [-0.25, -0.2) is 9.67 Å². The maximum atomic E-state index is 8.75. The second-order valence-corrected chi connectivity index (χ2v) is 4.60. The Balaban J connectivity index is 1.80. The van der Waals surface area contributed by atoms with Crippen LogP contribution in [0.1, 0.15) is 16.3 Å². The number of hydrogen-bond donors (Lipinski definition) is 2. The molecule has 0 atom stereocenters. The summed E-state index contributed by atoms with van der Waals surface area (Å²) in [6, 6.07) is 0. The molecule has 7 heteroatoms. The van der Waals surface area contributed by atoms with Gasteiger partial charge >= 0.3 is 0 Å². The Labute approximate surface area is 103 Å². The monoisotopic (exact) mass is 253 g/mol. The van der Waals surface area contributed by atoms with Crippen molar-refractivity contribution in [3.8, 4) is 0 Å². The van der Waals surface area contributed by atoms with Crippen molar-refractivity contribution in [2.75, 3.05) is 6.61 Å². The summed E-state index contributed by atoms with van der Waals surface area (Å²) in [6.45, 7) is 4.04. The number of aliphatic hydroxyl groups excluding tert-OH is 1. The van der Waals surface area contributed by atoms with Crippen LogP contribution in [-0.4, -0.2) is 31.7 Å². The second-order valence-electron chi connectivity index (χ2n) is 3.66. The molecule has 0 aliphatic carbocycles. The molecule has 2 aromatic heterocycles. The maximum absolute atomic E-state index is 8.75. The molecule has 0 aliphatic heterocycles. The highest BCUT2D eigenvalue weighted by molar-refractivity contribution is 7.09. The highest BCUT2D eigenvalue weighted by atomic mass is 32.1. The van der Waals surface area contributed by atoms with E-state index in [1.807, 2.05) is 18.6 Å². The largest absolute Gasteiger partial charge is 0.394 e. The fourth-order valence-corrected chi connectivity index (χ4v) is 2.18. The van der Waals surface area contributed by atoms with Gasteiger partial charge in [0, 0.05) is 24.2 Å². The molecule has 2 aromatic rings. The van der Waals surface area contributed by atoms with Gasteiger partial charge in [0.15, 0.2) is 0 Å². The number of aromatic nitrogens is 4. The standard InChI is InChI=1S/C10H15N5OS/c1-8-10(17-7-12-8)5-11-4-9-6-15(2-3-16)14-13-9/h6-7,11,16H,2-5H2,1H3. The van der Waals surface area contributed by atoms with Gasteiger partial charge in [0.2, 0.25) is 0 Å². The van der Waals surface area contributed by atoms with Crippen LogP contribution in [0.2, 0.25) is 0 Å². The third-order valence-corrected chi connectivity index (χ3v) is 3.29. The lowest BCUT2D eigenvalue weighted by molar-refractivity contribution is 0.268. The lowest BCUT2D eigenvalue weighted by atomic mass is 10.4. The van der Waals surface area contributed by atoms with Crippen molar-refractivity contribution in [2.45, 2.75) is 26.6 Å². The summed E-state index contributed by atoms with van der Waals surface area (Å²) in [5.74, 6) is 0. The van der Waals surface area contributed by atoms with Crippen molar-refractivity contribution < 1.29 is 5.11 Å². The van der Waals surface area contributed by atoms with Crippen LogP contribution >= 0.6 is 11.3 Å². The molecular weight excluding hydrogens is 238 g/mol. The minimum absolute atomic E-state index is 0.0797. The normalized spacial score (nSPS) is 10.9. The van der Waals surface area contributed by atoms with E-state index in [1.165, 1.54) is 4.88 Å². The second kappa shape index (κ2) is 5.85. The van der Waals surface area contributed by atoms with Gasteiger partial charge in [0.05, 0.1) is 30.1 Å². The molecule has 2 rings (SSSR count). The average Bonchev–Trinajstić information content (AvgIpc) is 2.90. The highest BCUT2D eigenvalue weighted by Gasteiger charge is 2.03. The first kappa shape index (κ1) is 12.2. The first-order valence-electron chi connectivity index (χ1n) is 5.39. The molecule has 0 spiro atoms. The molecule has 0 fully saturated rings. The number of rotatable bonds is 6. The number of aryl methyl sites for hydroxylation is 1. The Morgan fingerprint density at radius 2 is 2.35 bits per heavy atom. The molecule has 17 heavy (non-hydrogen) atoms. The van der Waals surface area contributed by atoms with E-state index in [9.17, 15) is 0 Å². The van der Waals surface area contributed by atoms with E-state index in [-0.39, 0.29) is 6.61 Å². The molecule has 0 saturated carbocycles. The molecule has 0 bridgehead atoms. The zero-order valence-corrected chi connectivity index (χ0v) is 10.4. The summed E-state index contributed by atoms with van der Waals surface area (Å²) in [7, 11) is 0. The van der Waals surface area contributed by atoms with Gasteiger partial charge in [-0.05, 0) is 6.92 Å². The molecular formula is C10H15N5OS. The molecule has 6 nitrogen and oxygen atoms in total. The summed E-state index contributed by atoms with van der Waals surface area (Å²) in [5, 5.41) is 19.9. The van der Waals surface area contributed by atoms with E-state index in [4.69, 9.17) is 5.11 Å². The number of nitrogens with one attached hydrogen (secondary N) is 1. The molecule has 0 aromatic carbocycles. The summed E-state index contributed by atoms with van der Waals surface area (Å²) in [6.07, 6.45) is 1.84. The van der Waals surface area contributed by atoms with E-state index in [2.05, 4.69) is 20.6 Å². The van der Waals surface area contributed by atoms with Crippen LogP contribution in [-0.2, 0) is 19.6 Å². The fourth-order valence-electron chi connectivity index (χ4n) is 1.43. The first-order chi connectivity index (χ1) is 8.29. The highest BCUT2D eigenvalue weighted by Crippen LogP contribution is 2.11. The smallest absolute Gasteiger partial charge is 0.0964 e. The predicted octanol–water partition coefficient (Wildman–Crippen LogP) is 0.325. The summed E-state index contributed by atoms with van der Waals surface area (Å²) in [5.41, 5.74) is 3.80. The van der Waals surface area contributed by atoms with Crippen LogP contribution in [0, 0.1) is 6.92 Å². The third-order valence-electron chi connectivity index (χ3n) is 2.35. The third kappa shape index (κ3) is 3.32. The van der Waals surface area contributed by atoms with Gasteiger partial charge in [-0.2, -0.15) is 0 Å². The quantitative estimate of drug-likeness (QED) is 0.775. The van der Waals surface area contributed by atoms with Gasteiger partial charge in [-0.1, -0.05) is 5.21 Å². The molecule has 0 saturated heterocycles.